The first-order valence-electron chi connectivity index (χ1n) is 5.44. The van der Waals surface area contributed by atoms with Gasteiger partial charge >= 0.3 is 6.01 Å². The van der Waals surface area contributed by atoms with E-state index in [1.807, 2.05) is 0 Å². The highest BCUT2D eigenvalue weighted by Gasteiger charge is 2.30. The van der Waals surface area contributed by atoms with E-state index in [1.54, 1.807) is 6.92 Å². The molecule has 0 spiro atoms. The topological polar surface area (TPSA) is 60.2 Å². The number of nitrogens with one attached hydrogen (secondary N) is 1. The van der Waals surface area contributed by atoms with Crippen LogP contribution in [0.5, 0.6) is 0 Å². The zero-order valence-electron chi connectivity index (χ0n) is 9.49. The molecule has 0 aliphatic carbocycles. The van der Waals surface area contributed by atoms with Crippen LogP contribution < -0.4 is 5.32 Å². The van der Waals surface area contributed by atoms with Gasteiger partial charge in [0.05, 0.1) is 5.60 Å². The molecule has 2 rings (SSSR count). The van der Waals surface area contributed by atoms with Crippen LogP contribution in [0.3, 0.4) is 0 Å². The van der Waals surface area contributed by atoms with Crippen molar-refractivity contribution < 1.29 is 9.15 Å². The minimum absolute atomic E-state index is 0.124. The van der Waals surface area contributed by atoms with Crippen molar-refractivity contribution in [3.63, 3.8) is 0 Å². The fourth-order valence-corrected chi connectivity index (χ4v) is 1.79. The van der Waals surface area contributed by atoms with Crippen LogP contribution in [0.15, 0.2) is 4.42 Å². The van der Waals surface area contributed by atoms with Crippen LogP contribution in [-0.4, -0.2) is 29.0 Å². The highest BCUT2D eigenvalue weighted by molar-refractivity contribution is 6.20. The summed E-state index contributed by atoms with van der Waals surface area (Å²) in [4.78, 5) is 0. The largest absolute Gasteiger partial charge is 0.407 e. The van der Waals surface area contributed by atoms with Crippen molar-refractivity contribution in [1.29, 1.82) is 0 Å². The van der Waals surface area contributed by atoms with E-state index in [4.69, 9.17) is 20.8 Å². The summed E-state index contributed by atoms with van der Waals surface area (Å²) in [6, 6.07) is 0.402. The first-order chi connectivity index (χ1) is 7.59. The third-order valence-electron chi connectivity index (χ3n) is 2.69. The second-order valence-corrected chi connectivity index (χ2v) is 4.97. The van der Waals surface area contributed by atoms with E-state index in [1.165, 1.54) is 0 Å². The van der Waals surface area contributed by atoms with E-state index in [0.717, 1.165) is 19.4 Å². The highest BCUT2D eigenvalue weighted by Crippen LogP contribution is 2.25. The molecule has 0 aromatic carbocycles. The van der Waals surface area contributed by atoms with E-state index >= 15 is 0 Å². The summed E-state index contributed by atoms with van der Waals surface area (Å²) < 4.78 is 11.0. The van der Waals surface area contributed by atoms with Crippen molar-refractivity contribution in [3.8, 4) is 0 Å². The lowest BCUT2D eigenvalue weighted by Crippen LogP contribution is -2.32. The number of hydrogen-bond acceptors (Lipinski definition) is 5. The predicted molar refractivity (Wildman–Crippen MR) is 60.6 cm³/mol. The number of hydrogen-bond donors (Lipinski definition) is 1. The first-order valence-corrected chi connectivity index (χ1v) is 5.88. The molecule has 2 atom stereocenters. The fourth-order valence-electron chi connectivity index (χ4n) is 1.71. The van der Waals surface area contributed by atoms with Gasteiger partial charge in [-0.25, -0.2) is 0 Å². The fraction of sp³-hybridized carbons (Fsp3) is 0.800. The predicted octanol–water partition coefficient (Wildman–Crippen LogP) is 2.35. The van der Waals surface area contributed by atoms with E-state index in [2.05, 4.69) is 22.4 Å². The van der Waals surface area contributed by atoms with Gasteiger partial charge < -0.3 is 14.5 Å². The SMILES string of the molecule is CC(Cl)c1nnc(NCC2(C)CCCO2)o1. The Kier molecular flexibility index (Phi) is 3.35. The Hall–Kier alpha value is -0.810. The van der Waals surface area contributed by atoms with Crippen LogP contribution in [0.2, 0.25) is 0 Å². The van der Waals surface area contributed by atoms with Crippen LogP contribution in [0.25, 0.3) is 0 Å². The molecular weight excluding hydrogens is 230 g/mol. The number of nitrogens with zero attached hydrogens (tertiary/aromatic N) is 2. The molecule has 1 aliphatic rings. The van der Waals surface area contributed by atoms with Gasteiger partial charge in [-0.1, -0.05) is 5.10 Å². The van der Waals surface area contributed by atoms with Crippen molar-refractivity contribution >= 4 is 17.6 Å². The van der Waals surface area contributed by atoms with Crippen molar-refractivity contribution in [3.05, 3.63) is 5.89 Å². The number of halogens is 1. The van der Waals surface area contributed by atoms with E-state index < -0.39 is 0 Å². The molecule has 1 N–H and O–H groups in total. The Balaban J connectivity index is 1.89. The lowest BCUT2D eigenvalue weighted by molar-refractivity contribution is 0.0311. The maximum absolute atomic E-state index is 5.82. The van der Waals surface area contributed by atoms with Crippen molar-refractivity contribution in [2.24, 2.45) is 0 Å². The van der Waals surface area contributed by atoms with Gasteiger partial charge in [-0.2, -0.15) is 0 Å². The first kappa shape index (κ1) is 11.7. The average molecular weight is 246 g/mol. The minimum Gasteiger partial charge on any atom is -0.407 e. The van der Waals surface area contributed by atoms with Crippen molar-refractivity contribution in [2.45, 2.75) is 37.7 Å². The molecule has 0 bridgehead atoms. The molecule has 90 valence electrons. The quantitative estimate of drug-likeness (QED) is 0.825. The zero-order chi connectivity index (χ0) is 11.6. The van der Waals surface area contributed by atoms with Gasteiger partial charge in [-0.15, -0.1) is 16.7 Å². The van der Waals surface area contributed by atoms with Gasteiger partial charge in [0, 0.05) is 13.2 Å². The Morgan fingerprint density at radius 3 is 2.94 bits per heavy atom. The molecule has 2 heterocycles. The Morgan fingerprint density at radius 1 is 1.56 bits per heavy atom. The standard InChI is InChI=1S/C10H16ClN3O2/c1-7(11)8-13-14-9(16-8)12-6-10(2)4-3-5-15-10/h7H,3-6H2,1-2H3,(H,12,14). The summed E-state index contributed by atoms with van der Waals surface area (Å²) in [6.45, 7) is 5.37. The molecule has 1 aromatic heterocycles. The Morgan fingerprint density at radius 2 is 2.38 bits per heavy atom. The summed E-state index contributed by atoms with van der Waals surface area (Å²) in [5, 5.41) is 10.5. The molecular formula is C10H16ClN3O2. The number of rotatable bonds is 4. The average Bonchev–Trinajstić information content (AvgIpc) is 2.84. The molecule has 5 nitrogen and oxygen atoms in total. The number of anilines is 1. The van der Waals surface area contributed by atoms with E-state index in [0.29, 0.717) is 18.5 Å². The molecule has 1 aliphatic heterocycles. The summed E-state index contributed by atoms with van der Waals surface area (Å²) in [5.74, 6) is 0.432. The molecule has 0 amide bonds. The Labute approximate surface area is 99.5 Å². The van der Waals surface area contributed by atoms with Crippen molar-refractivity contribution in [2.75, 3.05) is 18.5 Å². The van der Waals surface area contributed by atoms with Gasteiger partial charge in [0.2, 0.25) is 5.89 Å². The third-order valence-corrected chi connectivity index (χ3v) is 2.88. The summed E-state index contributed by atoms with van der Waals surface area (Å²) in [6.07, 6.45) is 2.15. The van der Waals surface area contributed by atoms with Gasteiger partial charge in [-0.05, 0) is 26.7 Å². The zero-order valence-corrected chi connectivity index (χ0v) is 10.3. The van der Waals surface area contributed by atoms with E-state index in [-0.39, 0.29) is 11.0 Å². The van der Waals surface area contributed by atoms with Gasteiger partial charge in [0.1, 0.15) is 5.38 Å². The second kappa shape index (κ2) is 4.59. The summed E-state index contributed by atoms with van der Waals surface area (Å²) in [5.41, 5.74) is -0.124. The van der Waals surface area contributed by atoms with E-state index in [9.17, 15) is 0 Å². The second-order valence-electron chi connectivity index (χ2n) is 4.32. The van der Waals surface area contributed by atoms with Crippen molar-refractivity contribution in [1.82, 2.24) is 10.2 Å². The summed E-state index contributed by atoms with van der Waals surface area (Å²) >= 11 is 5.82. The lowest BCUT2D eigenvalue weighted by Gasteiger charge is -2.22. The van der Waals surface area contributed by atoms with Crippen LogP contribution in [-0.2, 0) is 4.74 Å². The lowest BCUT2D eigenvalue weighted by atomic mass is 10.0. The van der Waals surface area contributed by atoms with Gasteiger partial charge in [-0.3, -0.25) is 0 Å². The smallest absolute Gasteiger partial charge is 0.315 e. The molecule has 0 radical (unpaired) electrons. The maximum Gasteiger partial charge on any atom is 0.315 e. The number of ether oxygens (including phenoxy) is 1. The molecule has 2 unspecified atom stereocenters. The van der Waals surface area contributed by atoms with Gasteiger partial charge in [0.15, 0.2) is 0 Å². The Bertz CT molecular complexity index is 348. The number of aromatic nitrogens is 2. The molecule has 1 fully saturated rings. The molecule has 1 saturated heterocycles. The molecule has 16 heavy (non-hydrogen) atoms. The van der Waals surface area contributed by atoms with Crippen LogP contribution in [0.1, 0.15) is 38.0 Å². The van der Waals surface area contributed by atoms with Gasteiger partial charge in [0.25, 0.3) is 0 Å². The monoisotopic (exact) mass is 245 g/mol. The normalized spacial score (nSPS) is 26.9. The summed E-state index contributed by atoms with van der Waals surface area (Å²) in [7, 11) is 0. The molecule has 6 heteroatoms. The van der Waals surface area contributed by atoms with Crippen LogP contribution in [0, 0.1) is 0 Å². The third kappa shape index (κ3) is 2.65. The number of alkyl halides is 1. The molecule has 0 saturated carbocycles. The van der Waals surface area contributed by atoms with Crippen LogP contribution >= 0.6 is 11.6 Å². The van der Waals surface area contributed by atoms with Crippen LogP contribution in [0.4, 0.5) is 6.01 Å². The minimum atomic E-state index is -0.263. The highest BCUT2D eigenvalue weighted by atomic mass is 35.5. The molecule has 1 aromatic rings. The maximum atomic E-state index is 5.82.